The summed E-state index contributed by atoms with van der Waals surface area (Å²) in [6.45, 7) is 3.42. The molecule has 150 valence electrons. The van der Waals surface area contributed by atoms with Gasteiger partial charge in [-0.2, -0.15) is 0 Å². The van der Waals surface area contributed by atoms with Crippen LogP contribution in [-0.2, 0) is 16.6 Å². The number of nitrogens with one attached hydrogen (secondary N) is 1. The Kier molecular flexibility index (Phi) is 6.12. The normalized spacial score (nSPS) is 15.8. The van der Waals surface area contributed by atoms with Crippen molar-refractivity contribution in [1.82, 2.24) is 9.21 Å². The summed E-state index contributed by atoms with van der Waals surface area (Å²) in [7, 11) is -0.936. The lowest BCUT2D eigenvalue weighted by atomic mass is 10.1. The van der Waals surface area contributed by atoms with Crippen molar-refractivity contribution in [1.29, 1.82) is 0 Å². The fraction of sp³-hybridized carbons (Fsp3) is 0.350. The van der Waals surface area contributed by atoms with Crippen LogP contribution in [0.5, 0.6) is 0 Å². The zero-order valence-corrected chi connectivity index (χ0v) is 16.9. The maximum Gasteiger partial charge on any atom is 0.257 e. The molecule has 2 aromatic carbocycles. The Morgan fingerprint density at radius 1 is 1.11 bits per heavy atom. The first kappa shape index (κ1) is 20.4. The second kappa shape index (κ2) is 8.38. The molecule has 0 aromatic heterocycles. The fourth-order valence-corrected chi connectivity index (χ4v) is 4.23. The van der Waals surface area contributed by atoms with Crippen LogP contribution in [0.4, 0.5) is 4.39 Å². The average Bonchev–Trinajstić information content (AvgIpc) is 2.69. The highest BCUT2D eigenvalue weighted by Gasteiger charge is 2.28. The highest BCUT2D eigenvalue weighted by atomic mass is 32.2. The molecule has 1 N–H and O–H groups in total. The van der Waals surface area contributed by atoms with E-state index in [9.17, 15) is 17.6 Å². The maximum absolute atomic E-state index is 14.3. The molecule has 2 aromatic rings. The first-order valence-electron chi connectivity index (χ1n) is 9.18. The van der Waals surface area contributed by atoms with Crippen molar-refractivity contribution in [2.24, 2.45) is 0 Å². The number of rotatable bonds is 5. The summed E-state index contributed by atoms with van der Waals surface area (Å²) in [5.41, 5.74) is 1.04. The van der Waals surface area contributed by atoms with Crippen LogP contribution in [0.3, 0.4) is 0 Å². The van der Waals surface area contributed by atoms with Crippen molar-refractivity contribution in [3.63, 3.8) is 0 Å². The van der Waals surface area contributed by atoms with Crippen LogP contribution >= 0.6 is 0 Å². The third-order valence-electron chi connectivity index (χ3n) is 5.00. The van der Waals surface area contributed by atoms with Crippen LogP contribution in [0.15, 0.2) is 53.4 Å². The van der Waals surface area contributed by atoms with Crippen LogP contribution in [0.1, 0.15) is 15.9 Å². The molecule has 6 nitrogen and oxygen atoms in total. The van der Waals surface area contributed by atoms with Gasteiger partial charge in [0.05, 0.1) is 36.6 Å². The van der Waals surface area contributed by atoms with E-state index in [2.05, 4.69) is 12.1 Å². The SMILES string of the molecule is CN(C)S(=O)(=O)c1ccc(F)c(C(=O)N2CC[NH+](Cc3ccccc3)CC2)c1. The summed E-state index contributed by atoms with van der Waals surface area (Å²) >= 11 is 0. The Labute approximate surface area is 165 Å². The molecule has 1 amide bonds. The molecule has 8 heteroatoms. The van der Waals surface area contributed by atoms with Gasteiger partial charge < -0.3 is 9.80 Å². The molecule has 0 radical (unpaired) electrons. The van der Waals surface area contributed by atoms with E-state index in [0.717, 1.165) is 36.1 Å². The van der Waals surface area contributed by atoms with Crippen molar-refractivity contribution < 1.29 is 22.5 Å². The topological polar surface area (TPSA) is 62.1 Å². The molecule has 28 heavy (non-hydrogen) atoms. The Hall–Kier alpha value is -2.29. The quantitative estimate of drug-likeness (QED) is 0.792. The summed E-state index contributed by atoms with van der Waals surface area (Å²) in [5.74, 6) is -1.17. The van der Waals surface area contributed by atoms with Gasteiger partial charge in [-0.1, -0.05) is 30.3 Å². The van der Waals surface area contributed by atoms with Crippen LogP contribution in [0.2, 0.25) is 0 Å². The number of nitrogens with zero attached hydrogens (tertiary/aromatic N) is 2. The van der Waals surface area contributed by atoms with Crippen molar-refractivity contribution in [2.75, 3.05) is 40.3 Å². The number of hydrogen-bond donors (Lipinski definition) is 1. The Morgan fingerprint density at radius 3 is 2.36 bits per heavy atom. The second-order valence-electron chi connectivity index (χ2n) is 7.13. The molecular formula is C20H25FN3O3S+. The summed E-state index contributed by atoms with van der Waals surface area (Å²) in [6, 6.07) is 13.5. The number of carbonyl (C=O) groups excluding carboxylic acids is 1. The van der Waals surface area contributed by atoms with Crippen molar-refractivity contribution in [3.05, 3.63) is 65.5 Å². The van der Waals surface area contributed by atoms with Crippen molar-refractivity contribution in [3.8, 4) is 0 Å². The van der Waals surface area contributed by atoms with Gasteiger partial charge in [0.15, 0.2) is 0 Å². The minimum Gasteiger partial charge on any atom is -0.328 e. The molecule has 1 aliphatic rings. The summed E-state index contributed by atoms with van der Waals surface area (Å²) in [4.78, 5) is 15.7. The van der Waals surface area contributed by atoms with Gasteiger partial charge >= 0.3 is 0 Å². The monoisotopic (exact) mass is 406 g/mol. The number of carbonyl (C=O) groups is 1. The number of piperazine rings is 1. The molecule has 0 bridgehead atoms. The van der Waals surface area contributed by atoms with E-state index in [1.807, 2.05) is 18.2 Å². The summed E-state index contributed by atoms with van der Waals surface area (Å²) in [6.07, 6.45) is 0. The highest BCUT2D eigenvalue weighted by molar-refractivity contribution is 7.89. The van der Waals surface area contributed by atoms with E-state index in [-0.39, 0.29) is 10.5 Å². The van der Waals surface area contributed by atoms with Crippen LogP contribution in [0.25, 0.3) is 0 Å². The summed E-state index contributed by atoms with van der Waals surface area (Å²) in [5, 5.41) is 0. The molecule has 0 atom stereocenters. The molecule has 0 aliphatic carbocycles. The van der Waals surface area contributed by atoms with Gasteiger partial charge in [0.25, 0.3) is 5.91 Å². The third kappa shape index (κ3) is 4.40. The molecule has 1 fully saturated rings. The molecule has 0 saturated carbocycles. The van der Waals surface area contributed by atoms with E-state index >= 15 is 0 Å². The molecule has 3 rings (SSSR count). The Bertz CT molecular complexity index is 940. The number of quaternary nitrogens is 1. The predicted octanol–water partition coefficient (Wildman–Crippen LogP) is 0.617. The molecule has 0 unspecified atom stereocenters. The standard InChI is InChI=1S/C20H24FN3O3S/c1-22(2)28(26,27)17-8-9-19(21)18(14-17)20(25)24-12-10-23(11-13-24)15-16-6-4-3-5-7-16/h3-9,14H,10-13,15H2,1-2H3/p+1. The smallest absolute Gasteiger partial charge is 0.257 e. The first-order valence-corrected chi connectivity index (χ1v) is 10.6. The van der Waals surface area contributed by atoms with Gasteiger partial charge in [-0.05, 0) is 18.2 Å². The number of benzene rings is 2. The van der Waals surface area contributed by atoms with Crippen molar-refractivity contribution >= 4 is 15.9 Å². The minimum atomic E-state index is -3.73. The molecule has 1 aliphatic heterocycles. The zero-order chi connectivity index (χ0) is 20.3. The lowest BCUT2D eigenvalue weighted by molar-refractivity contribution is -0.917. The maximum atomic E-state index is 14.3. The van der Waals surface area contributed by atoms with E-state index in [1.165, 1.54) is 30.6 Å². The van der Waals surface area contributed by atoms with E-state index < -0.39 is 21.7 Å². The second-order valence-corrected chi connectivity index (χ2v) is 9.29. The average molecular weight is 407 g/mol. The van der Waals surface area contributed by atoms with E-state index in [1.54, 1.807) is 4.90 Å². The van der Waals surface area contributed by atoms with Gasteiger partial charge in [-0.15, -0.1) is 0 Å². The number of hydrogen-bond acceptors (Lipinski definition) is 3. The molecule has 1 heterocycles. The van der Waals surface area contributed by atoms with Gasteiger partial charge in [0, 0.05) is 19.7 Å². The highest BCUT2D eigenvalue weighted by Crippen LogP contribution is 2.19. The van der Waals surface area contributed by atoms with Crippen molar-refractivity contribution in [2.45, 2.75) is 11.4 Å². The minimum absolute atomic E-state index is 0.0874. The number of sulfonamides is 1. The lowest BCUT2D eigenvalue weighted by Gasteiger charge is -2.32. The lowest BCUT2D eigenvalue weighted by Crippen LogP contribution is -3.13. The Morgan fingerprint density at radius 2 is 1.75 bits per heavy atom. The third-order valence-corrected chi connectivity index (χ3v) is 6.81. The van der Waals surface area contributed by atoms with Crippen LogP contribution < -0.4 is 4.90 Å². The largest absolute Gasteiger partial charge is 0.328 e. The predicted molar refractivity (Wildman–Crippen MR) is 104 cm³/mol. The fourth-order valence-electron chi connectivity index (χ4n) is 3.30. The number of amides is 1. The molecular weight excluding hydrogens is 381 g/mol. The van der Waals surface area contributed by atoms with E-state index in [4.69, 9.17) is 0 Å². The van der Waals surface area contributed by atoms with Crippen LogP contribution in [0, 0.1) is 5.82 Å². The molecule has 1 saturated heterocycles. The first-order chi connectivity index (χ1) is 13.3. The van der Waals surface area contributed by atoms with Crippen LogP contribution in [-0.4, -0.2) is 63.8 Å². The van der Waals surface area contributed by atoms with Gasteiger partial charge in [0.2, 0.25) is 10.0 Å². The summed E-state index contributed by atoms with van der Waals surface area (Å²) < 4.78 is 39.9. The van der Waals surface area contributed by atoms with Gasteiger partial charge in [-0.25, -0.2) is 17.1 Å². The number of halogens is 1. The van der Waals surface area contributed by atoms with Gasteiger partial charge in [-0.3, -0.25) is 4.79 Å². The Balaban J connectivity index is 1.70. The zero-order valence-electron chi connectivity index (χ0n) is 16.1. The molecule has 0 spiro atoms. The van der Waals surface area contributed by atoms with Gasteiger partial charge in [0.1, 0.15) is 12.4 Å². The van der Waals surface area contributed by atoms with E-state index in [0.29, 0.717) is 13.1 Å².